The molecule has 2 rings (SSSR count). The molecular formula is C14H18O4. The van der Waals surface area contributed by atoms with E-state index in [0.717, 1.165) is 24.0 Å². The lowest BCUT2D eigenvalue weighted by Crippen LogP contribution is -2.23. The number of hydrogen-bond donors (Lipinski definition) is 1. The number of fused-ring (bicyclic) bond motifs is 1. The molecule has 0 saturated carbocycles. The van der Waals surface area contributed by atoms with Crippen molar-refractivity contribution in [2.45, 2.75) is 25.4 Å². The summed E-state index contributed by atoms with van der Waals surface area (Å²) in [5.74, 6) is 0.884. The third-order valence-electron chi connectivity index (χ3n) is 3.05. The number of ether oxygens (including phenoxy) is 2. The number of aliphatic hydroxyl groups is 1. The van der Waals surface area contributed by atoms with E-state index in [-0.39, 0.29) is 19.0 Å². The molecule has 0 amide bonds. The fraction of sp³-hybridized carbons (Fsp3) is 0.500. The number of carbonyl (C=O) groups is 1. The molecule has 1 atom stereocenters. The summed E-state index contributed by atoms with van der Waals surface area (Å²) >= 11 is 0. The van der Waals surface area contributed by atoms with Crippen molar-refractivity contribution in [2.24, 2.45) is 0 Å². The summed E-state index contributed by atoms with van der Waals surface area (Å²) in [5.41, 5.74) is 1.73. The fourth-order valence-electron chi connectivity index (χ4n) is 2.21. The Bertz CT molecular complexity index is 428. The van der Waals surface area contributed by atoms with Crippen LogP contribution in [0.5, 0.6) is 5.75 Å². The molecule has 1 aromatic rings. The van der Waals surface area contributed by atoms with Crippen LogP contribution < -0.4 is 4.74 Å². The molecule has 0 spiro atoms. The highest BCUT2D eigenvalue weighted by atomic mass is 16.5. The molecule has 0 fully saturated rings. The minimum atomic E-state index is -0.648. The SMILES string of the molecule is COCC(O)COc1cccc2c1CCCC2=O. The average molecular weight is 250 g/mol. The maximum Gasteiger partial charge on any atom is 0.163 e. The summed E-state index contributed by atoms with van der Waals surface area (Å²) in [6, 6.07) is 5.51. The number of rotatable bonds is 5. The molecule has 1 aliphatic rings. The van der Waals surface area contributed by atoms with Crippen LogP contribution >= 0.6 is 0 Å². The highest BCUT2D eigenvalue weighted by Gasteiger charge is 2.20. The fourth-order valence-corrected chi connectivity index (χ4v) is 2.21. The van der Waals surface area contributed by atoms with Gasteiger partial charge in [0.15, 0.2) is 5.78 Å². The Balaban J connectivity index is 2.09. The first-order chi connectivity index (χ1) is 8.72. The summed E-state index contributed by atoms with van der Waals surface area (Å²) in [6.45, 7) is 0.423. The molecule has 0 aromatic heterocycles. The molecule has 98 valence electrons. The smallest absolute Gasteiger partial charge is 0.163 e. The quantitative estimate of drug-likeness (QED) is 0.862. The molecule has 18 heavy (non-hydrogen) atoms. The first-order valence-electron chi connectivity index (χ1n) is 6.17. The second kappa shape index (κ2) is 5.98. The van der Waals surface area contributed by atoms with Crippen molar-refractivity contribution in [3.63, 3.8) is 0 Å². The van der Waals surface area contributed by atoms with Crippen LogP contribution in [0.25, 0.3) is 0 Å². The minimum absolute atomic E-state index is 0.179. The van der Waals surface area contributed by atoms with Crippen molar-refractivity contribution in [1.82, 2.24) is 0 Å². The van der Waals surface area contributed by atoms with Crippen LogP contribution in [0.2, 0.25) is 0 Å². The zero-order valence-corrected chi connectivity index (χ0v) is 10.5. The van der Waals surface area contributed by atoms with Crippen molar-refractivity contribution in [2.75, 3.05) is 20.3 Å². The van der Waals surface area contributed by atoms with Crippen molar-refractivity contribution in [1.29, 1.82) is 0 Å². The van der Waals surface area contributed by atoms with E-state index < -0.39 is 6.10 Å². The van der Waals surface area contributed by atoms with Gasteiger partial charge in [-0.2, -0.15) is 0 Å². The topological polar surface area (TPSA) is 55.8 Å². The Morgan fingerprint density at radius 2 is 2.17 bits per heavy atom. The number of benzene rings is 1. The van der Waals surface area contributed by atoms with E-state index in [0.29, 0.717) is 12.2 Å². The number of methoxy groups -OCH3 is 1. The Labute approximate surface area is 107 Å². The molecule has 1 aliphatic carbocycles. The van der Waals surface area contributed by atoms with E-state index in [1.165, 1.54) is 7.11 Å². The zero-order chi connectivity index (χ0) is 13.0. The molecule has 4 heteroatoms. The Morgan fingerprint density at radius 1 is 1.33 bits per heavy atom. The lowest BCUT2D eigenvalue weighted by molar-refractivity contribution is 0.0322. The van der Waals surface area contributed by atoms with Crippen LogP contribution in [-0.4, -0.2) is 37.3 Å². The summed E-state index contributed by atoms with van der Waals surface area (Å²) in [7, 11) is 1.53. The maximum absolute atomic E-state index is 11.8. The van der Waals surface area contributed by atoms with E-state index >= 15 is 0 Å². The normalized spacial score (nSPS) is 16.2. The van der Waals surface area contributed by atoms with Gasteiger partial charge in [-0.25, -0.2) is 0 Å². The van der Waals surface area contributed by atoms with Gasteiger partial charge >= 0.3 is 0 Å². The van der Waals surface area contributed by atoms with Crippen LogP contribution in [0.4, 0.5) is 0 Å². The molecule has 4 nitrogen and oxygen atoms in total. The van der Waals surface area contributed by atoms with E-state index in [1.807, 2.05) is 18.2 Å². The predicted octanol–water partition coefficient (Wildman–Crippen LogP) is 1.59. The average Bonchev–Trinajstić information content (AvgIpc) is 2.37. The molecular weight excluding hydrogens is 232 g/mol. The molecule has 0 aliphatic heterocycles. The molecule has 0 heterocycles. The number of ketones is 1. The summed E-state index contributed by atoms with van der Waals surface area (Å²) < 4.78 is 10.4. The molecule has 1 N–H and O–H groups in total. The monoisotopic (exact) mass is 250 g/mol. The van der Waals surface area contributed by atoms with Gasteiger partial charge in [0.2, 0.25) is 0 Å². The van der Waals surface area contributed by atoms with Crippen LogP contribution in [0.15, 0.2) is 18.2 Å². The van der Waals surface area contributed by atoms with Crippen molar-refractivity contribution < 1.29 is 19.4 Å². The Kier molecular flexibility index (Phi) is 4.33. The third-order valence-corrected chi connectivity index (χ3v) is 3.05. The molecule has 0 radical (unpaired) electrons. The summed E-state index contributed by atoms with van der Waals surface area (Å²) in [4.78, 5) is 11.8. The van der Waals surface area contributed by atoms with Gasteiger partial charge in [-0.1, -0.05) is 12.1 Å². The van der Waals surface area contributed by atoms with Gasteiger partial charge in [0, 0.05) is 24.7 Å². The van der Waals surface area contributed by atoms with E-state index in [1.54, 1.807) is 0 Å². The molecule has 1 unspecified atom stereocenters. The number of hydrogen-bond acceptors (Lipinski definition) is 4. The summed E-state index contributed by atoms with van der Waals surface area (Å²) in [5, 5.41) is 9.55. The van der Waals surface area contributed by atoms with E-state index in [2.05, 4.69) is 0 Å². The number of carbonyl (C=O) groups excluding carboxylic acids is 1. The standard InChI is InChI=1S/C14H18O4/c1-17-8-10(15)9-18-14-7-3-4-11-12(14)5-2-6-13(11)16/h3-4,7,10,15H,2,5-6,8-9H2,1H3. The molecule has 1 aromatic carbocycles. The van der Waals surface area contributed by atoms with Crippen molar-refractivity contribution in [3.05, 3.63) is 29.3 Å². The van der Waals surface area contributed by atoms with Crippen molar-refractivity contribution >= 4 is 5.78 Å². The number of aliphatic hydroxyl groups excluding tert-OH is 1. The van der Waals surface area contributed by atoms with Gasteiger partial charge in [0.1, 0.15) is 18.5 Å². The Morgan fingerprint density at radius 3 is 2.94 bits per heavy atom. The predicted molar refractivity (Wildman–Crippen MR) is 67.1 cm³/mol. The van der Waals surface area contributed by atoms with E-state index in [9.17, 15) is 9.90 Å². The highest BCUT2D eigenvalue weighted by Crippen LogP contribution is 2.29. The van der Waals surface area contributed by atoms with Crippen LogP contribution in [0.1, 0.15) is 28.8 Å². The lowest BCUT2D eigenvalue weighted by Gasteiger charge is -2.19. The van der Waals surface area contributed by atoms with Crippen LogP contribution in [0.3, 0.4) is 0 Å². The van der Waals surface area contributed by atoms with Gasteiger partial charge in [0.25, 0.3) is 0 Å². The molecule has 0 saturated heterocycles. The van der Waals surface area contributed by atoms with Crippen LogP contribution in [0, 0.1) is 0 Å². The largest absolute Gasteiger partial charge is 0.490 e. The number of Topliss-reactive ketones (excluding diaryl/α,β-unsaturated/α-hetero) is 1. The first kappa shape index (κ1) is 13.1. The van der Waals surface area contributed by atoms with Gasteiger partial charge < -0.3 is 14.6 Å². The van der Waals surface area contributed by atoms with Gasteiger partial charge in [-0.05, 0) is 18.9 Å². The van der Waals surface area contributed by atoms with Gasteiger partial charge in [-0.15, -0.1) is 0 Å². The first-order valence-corrected chi connectivity index (χ1v) is 6.17. The van der Waals surface area contributed by atoms with E-state index in [4.69, 9.17) is 9.47 Å². The lowest BCUT2D eigenvalue weighted by atomic mass is 9.90. The Hall–Kier alpha value is -1.39. The minimum Gasteiger partial charge on any atom is -0.490 e. The van der Waals surface area contributed by atoms with Gasteiger partial charge in [0.05, 0.1) is 6.61 Å². The molecule has 0 bridgehead atoms. The summed E-state index contributed by atoms with van der Waals surface area (Å²) in [6.07, 6.45) is 1.69. The maximum atomic E-state index is 11.8. The highest BCUT2D eigenvalue weighted by molar-refractivity contribution is 5.99. The van der Waals surface area contributed by atoms with Crippen molar-refractivity contribution in [3.8, 4) is 5.75 Å². The second-order valence-electron chi connectivity index (χ2n) is 4.48. The zero-order valence-electron chi connectivity index (χ0n) is 10.5. The third kappa shape index (κ3) is 2.89. The van der Waals surface area contributed by atoms with Crippen LogP contribution in [-0.2, 0) is 11.2 Å². The van der Waals surface area contributed by atoms with Gasteiger partial charge in [-0.3, -0.25) is 4.79 Å². The second-order valence-corrected chi connectivity index (χ2v) is 4.48.